The highest BCUT2D eigenvalue weighted by Crippen LogP contribution is 2.41. The van der Waals surface area contributed by atoms with Crippen LogP contribution in [0.2, 0.25) is 0 Å². The van der Waals surface area contributed by atoms with Gasteiger partial charge in [-0.25, -0.2) is 15.0 Å². The van der Waals surface area contributed by atoms with Gasteiger partial charge >= 0.3 is 0 Å². The maximum atomic E-state index is 9.30. The zero-order chi connectivity index (χ0) is 38.1. The summed E-state index contributed by atoms with van der Waals surface area (Å²) in [6.07, 6.45) is 0. The Morgan fingerprint density at radius 2 is 0.825 bits per heavy atom. The van der Waals surface area contributed by atoms with Gasteiger partial charge < -0.3 is 4.42 Å². The summed E-state index contributed by atoms with van der Waals surface area (Å²) in [7, 11) is 0. The molecule has 0 N–H and O–H groups in total. The van der Waals surface area contributed by atoms with Gasteiger partial charge in [0.05, 0.1) is 11.6 Å². The minimum absolute atomic E-state index is 0.549. The Bertz CT molecular complexity index is 3050. The molecule has 0 aliphatic rings. The van der Waals surface area contributed by atoms with Gasteiger partial charge in [0, 0.05) is 27.5 Å². The lowest BCUT2D eigenvalue weighted by Crippen LogP contribution is -2.00. The zero-order valence-corrected chi connectivity index (χ0v) is 30.7. The van der Waals surface area contributed by atoms with Gasteiger partial charge in [-0.1, -0.05) is 140 Å². The van der Waals surface area contributed by atoms with E-state index in [9.17, 15) is 5.26 Å². The summed E-state index contributed by atoms with van der Waals surface area (Å²) in [5.41, 5.74) is 13.6. The lowest BCUT2D eigenvalue weighted by atomic mass is 9.91. The molecule has 2 aromatic heterocycles. The van der Waals surface area contributed by atoms with Crippen LogP contribution in [0.4, 0.5) is 0 Å². The Morgan fingerprint density at radius 3 is 1.46 bits per heavy atom. The number of fused-ring (bicyclic) bond motifs is 3. The van der Waals surface area contributed by atoms with Gasteiger partial charge in [0.25, 0.3) is 0 Å². The van der Waals surface area contributed by atoms with Gasteiger partial charge in [0.2, 0.25) is 0 Å². The molecule has 266 valence electrons. The molecule has 0 atom stereocenters. The van der Waals surface area contributed by atoms with Crippen LogP contribution < -0.4 is 0 Å². The Balaban J connectivity index is 1.10. The number of furan rings is 1. The third kappa shape index (κ3) is 6.52. The summed E-state index contributed by atoms with van der Waals surface area (Å²) < 4.78 is 6.63. The highest BCUT2D eigenvalue weighted by Gasteiger charge is 2.18. The highest BCUT2D eigenvalue weighted by atomic mass is 16.3. The third-order valence-electron chi connectivity index (χ3n) is 10.3. The van der Waals surface area contributed by atoms with E-state index in [-0.39, 0.29) is 0 Å². The average molecular weight is 729 g/mol. The molecule has 0 radical (unpaired) electrons. The van der Waals surface area contributed by atoms with Crippen molar-refractivity contribution in [3.63, 3.8) is 0 Å². The van der Waals surface area contributed by atoms with E-state index in [0.717, 1.165) is 83.1 Å². The first kappa shape index (κ1) is 33.6. The predicted molar refractivity (Wildman–Crippen MR) is 230 cm³/mol. The van der Waals surface area contributed by atoms with Gasteiger partial charge in [0.1, 0.15) is 11.2 Å². The van der Waals surface area contributed by atoms with Crippen LogP contribution in [0.5, 0.6) is 0 Å². The van der Waals surface area contributed by atoms with E-state index in [1.165, 1.54) is 0 Å². The minimum atomic E-state index is 0.549. The van der Waals surface area contributed by atoms with Gasteiger partial charge in [-0.05, 0) is 99.1 Å². The maximum absolute atomic E-state index is 9.30. The number of hydrogen-bond acceptors (Lipinski definition) is 5. The SMILES string of the molecule is N#Cc1ccc(-c2cccc(-c3nc(-c4ccccc4)nc(-c4ccc5c(c4)oc4cccc(-c6cc(-c7ccccc7)cc(-c7ccccc7)c6)c45)n3)c2)cc1. The van der Waals surface area contributed by atoms with Gasteiger partial charge in [-0.15, -0.1) is 0 Å². The quantitative estimate of drug-likeness (QED) is 0.163. The van der Waals surface area contributed by atoms with Crippen molar-refractivity contribution in [2.24, 2.45) is 0 Å². The first-order valence-electron chi connectivity index (χ1n) is 18.8. The monoisotopic (exact) mass is 728 g/mol. The molecule has 0 aliphatic heterocycles. The van der Waals surface area contributed by atoms with Crippen molar-refractivity contribution < 1.29 is 4.42 Å². The summed E-state index contributed by atoms with van der Waals surface area (Å²) in [5, 5.41) is 11.4. The summed E-state index contributed by atoms with van der Waals surface area (Å²) in [6.45, 7) is 0. The Kier molecular flexibility index (Phi) is 8.48. The third-order valence-corrected chi connectivity index (χ3v) is 10.3. The smallest absolute Gasteiger partial charge is 0.164 e. The first-order chi connectivity index (χ1) is 28.2. The molecule has 5 nitrogen and oxygen atoms in total. The van der Waals surface area contributed by atoms with Crippen LogP contribution in [0.3, 0.4) is 0 Å². The Labute approximate surface area is 329 Å². The molecule has 10 aromatic rings. The van der Waals surface area contributed by atoms with Crippen LogP contribution in [0.15, 0.2) is 199 Å². The number of rotatable bonds is 7. The first-order valence-corrected chi connectivity index (χ1v) is 18.8. The second kappa shape index (κ2) is 14.4. The standard InChI is InChI=1S/C52H32N4O/c53-33-34-22-24-37(25-23-34)39-18-10-19-40(28-39)51-54-50(38-16-8-3-9-17-38)55-52(56-51)41-26-27-46-48(32-41)57-47-21-11-20-45(49(46)47)44-30-42(35-12-4-1-5-13-35)29-43(31-44)36-14-6-2-7-15-36/h1-32H. The molecule has 2 heterocycles. The fourth-order valence-corrected chi connectivity index (χ4v) is 7.51. The molecule has 0 saturated heterocycles. The normalized spacial score (nSPS) is 11.1. The van der Waals surface area contributed by atoms with Crippen molar-refractivity contribution >= 4 is 21.9 Å². The van der Waals surface area contributed by atoms with E-state index in [2.05, 4.69) is 121 Å². The second-order valence-electron chi connectivity index (χ2n) is 14.0. The van der Waals surface area contributed by atoms with Crippen LogP contribution in [0.1, 0.15) is 5.56 Å². The van der Waals surface area contributed by atoms with Crippen molar-refractivity contribution in [1.82, 2.24) is 15.0 Å². The fourth-order valence-electron chi connectivity index (χ4n) is 7.51. The molecule has 0 amide bonds. The number of nitriles is 1. The molecular weight excluding hydrogens is 697 g/mol. The molecule has 8 aromatic carbocycles. The minimum Gasteiger partial charge on any atom is -0.456 e. The van der Waals surface area contributed by atoms with Crippen LogP contribution in [-0.2, 0) is 0 Å². The Morgan fingerprint density at radius 1 is 0.351 bits per heavy atom. The van der Waals surface area contributed by atoms with E-state index >= 15 is 0 Å². The molecule has 0 aliphatic carbocycles. The number of hydrogen-bond donors (Lipinski definition) is 0. The van der Waals surface area contributed by atoms with E-state index in [4.69, 9.17) is 19.4 Å². The number of aromatic nitrogens is 3. The molecule has 57 heavy (non-hydrogen) atoms. The molecular formula is C52H32N4O. The average Bonchev–Trinajstić information content (AvgIpc) is 3.68. The maximum Gasteiger partial charge on any atom is 0.164 e. The number of benzene rings is 8. The van der Waals surface area contributed by atoms with Crippen molar-refractivity contribution in [3.05, 3.63) is 200 Å². The van der Waals surface area contributed by atoms with Crippen molar-refractivity contribution in [2.45, 2.75) is 0 Å². The van der Waals surface area contributed by atoms with Gasteiger partial charge in [0.15, 0.2) is 17.5 Å². The van der Waals surface area contributed by atoms with Crippen molar-refractivity contribution in [1.29, 1.82) is 5.26 Å². The Hall–Kier alpha value is -7.94. The molecule has 10 rings (SSSR count). The van der Waals surface area contributed by atoms with Crippen molar-refractivity contribution in [2.75, 3.05) is 0 Å². The summed E-state index contributed by atoms with van der Waals surface area (Å²) >= 11 is 0. The molecule has 0 fully saturated rings. The zero-order valence-electron chi connectivity index (χ0n) is 30.7. The summed E-state index contributed by atoms with van der Waals surface area (Å²) in [4.78, 5) is 15.0. The van der Waals surface area contributed by atoms with Crippen LogP contribution in [0.25, 0.3) is 101 Å². The van der Waals surface area contributed by atoms with E-state index < -0.39 is 0 Å². The van der Waals surface area contributed by atoms with Gasteiger partial charge in [-0.2, -0.15) is 5.26 Å². The molecule has 0 bridgehead atoms. The summed E-state index contributed by atoms with van der Waals surface area (Å²) in [6, 6.07) is 68.3. The van der Waals surface area contributed by atoms with Crippen LogP contribution in [0, 0.1) is 11.3 Å². The molecule has 5 heteroatoms. The van der Waals surface area contributed by atoms with Gasteiger partial charge in [-0.3, -0.25) is 0 Å². The van der Waals surface area contributed by atoms with Crippen LogP contribution >= 0.6 is 0 Å². The van der Waals surface area contributed by atoms with E-state index in [0.29, 0.717) is 23.0 Å². The molecule has 0 saturated carbocycles. The topological polar surface area (TPSA) is 75.6 Å². The van der Waals surface area contributed by atoms with Crippen molar-refractivity contribution in [3.8, 4) is 84.7 Å². The van der Waals surface area contributed by atoms with E-state index in [1.807, 2.05) is 78.9 Å². The fraction of sp³-hybridized carbons (Fsp3) is 0. The second-order valence-corrected chi connectivity index (χ2v) is 14.0. The lowest BCUT2D eigenvalue weighted by molar-refractivity contribution is 0.669. The molecule has 0 spiro atoms. The summed E-state index contributed by atoms with van der Waals surface area (Å²) in [5.74, 6) is 1.70. The largest absolute Gasteiger partial charge is 0.456 e. The molecule has 0 unspecified atom stereocenters. The van der Waals surface area contributed by atoms with E-state index in [1.54, 1.807) is 0 Å². The highest BCUT2D eigenvalue weighted by molar-refractivity contribution is 6.13. The van der Waals surface area contributed by atoms with Crippen LogP contribution in [-0.4, -0.2) is 15.0 Å². The lowest BCUT2D eigenvalue weighted by Gasteiger charge is -2.12. The number of nitrogens with zero attached hydrogens (tertiary/aromatic N) is 4. The predicted octanol–water partition coefficient (Wildman–Crippen LogP) is 13.3.